The number of fused-ring (bicyclic) bond motifs is 1. The number of esters is 1. The number of amides is 1. The highest BCUT2D eigenvalue weighted by Crippen LogP contribution is 2.35. The Morgan fingerprint density at radius 2 is 2.00 bits per heavy atom. The van der Waals surface area contributed by atoms with Gasteiger partial charge in [0.15, 0.2) is 0 Å². The molecule has 0 radical (unpaired) electrons. The first-order valence-corrected chi connectivity index (χ1v) is 10.6. The number of methoxy groups -OCH3 is 1. The van der Waals surface area contributed by atoms with Crippen molar-refractivity contribution in [2.24, 2.45) is 5.92 Å². The van der Waals surface area contributed by atoms with Gasteiger partial charge in [-0.05, 0) is 31.9 Å². The number of hydrogen-bond acceptors (Lipinski definition) is 6. The Labute approximate surface area is 159 Å². The van der Waals surface area contributed by atoms with Gasteiger partial charge in [0.1, 0.15) is 5.75 Å². The molecule has 0 saturated carbocycles. The second kappa shape index (κ2) is 7.85. The van der Waals surface area contributed by atoms with E-state index < -0.39 is 28.0 Å². The average molecular weight is 396 g/mol. The number of benzene rings is 1. The van der Waals surface area contributed by atoms with Gasteiger partial charge in [-0.15, -0.1) is 0 Å². The van der Waals surface area contributed by atoms with E-state index in [4.69, 9.17) is 9.47 Å². The molecule has 0 unspecified atom stereocenters. The molecule has 9 heteroatoms. The van der Waals surface area contributed by atoms with E-state index in [1.54, 1.807) is 31.2 Å². The molecule has 0 aromatic heterocycles. The summed E-state index contributed by atoms with van der Waals surface area (Å²) in [5.74, 6) is -0.763. The van der Waals surface area contributed by atoms with E-state index in [9.17, 15) is 18.0 Å². The van der Waals surface area contributed by atoms with Gasteiger partial charge in [0.25, 0.3) is 0 Å². The number of nitrogens with zero attached hydrogens (tertiary/aromatic N) is 2. The molecule has 3 rings (SSSR count). The maximum absolute atomic E-state index is 13.2. The van der Waals surface area contributed by atoms with Gasteiger partial charge in [-0.25, -0.2) is 17.5 Å². The predicted molar refractivity (Wildman–Crippen MR) is 99.0 cm³/mol. The molecule has 1 fully saturated rings. The van der Waals surface area contributed by atoms with Gasteiger partial charge in [-0.3, -0.25) is 4.79 Å². The third-order valence-electron chi connectivity index (χ3n) is 5.00. The summed E-state index contributed by atoms with van der Waals surface area (Å²) in [6.45, 7) is 2.24. The van der Waals surface area contributed by atoms with Crippen LogP contribution in [0.15, 0.2) is 24.3 Å². The Morgan fingerprint density at radius 1 is 1.26 bits per heavy atom. The number of carbonyl (C=O) groups is 2. The number of piperidine rings is 1. The summed E-state index contributed by atoms with van der Waals surface area (Å²) in [7, 11) is -2.07. The molecule has 1 aromatic rings. The molecule has 2 heterocycles. The largest absolute Gasteiger partial charge is 0.475 e. The number of sulfonamides is 1. The zero-order valence-corrected chi connectivity index (χ0v) is 16.3. The zero-order valence-electron chi connectivity index (χ0n) is 15.5. The molecule has 2 aliphatic heterocycles. The van der Waals surface area contributed by atoms with Crippen molar-refractivity contribution in [1.29, 1.82) is 0 Å². The monoisotopic (exact) mass is 396 g/mol. The fraction of sp³-hybridized carbons (Fsp3) is 0.556. The van der Waals surface area contributed by atoms with Gasteiger partial charge in [-0.1, -0.05) is 12.1 Å². The summed E-state index contributed by atoms with van der Waals surface area (Å²) < 4.78 is 36.2. The second-order valence-corrected chi connectivity index (χ2v) is 8.90. The molecule has 1 aromatic carbocycles. The van der Waals surface area contributed by atoms with Gasteiger partial charge in [0, 0.05) is 13.1 Å². The quantitative estimate of drug-likeness (QED) is 0.706. The van der Waals surface area contributed by atoms with Crippen LogP contribution in [-0.4, -0.2) is 63.2 Å². The first-order valence-electron chi connectivity index (χ1n) is 9.00. The number of para-hydroxylation sites is 2. The highest BCUT2D eigenvalue weighted by Gasteiger charge is 2.39. The number of hydrogen-bond donors (Lipinski definition) is 0. The standard InChI is InChI=1S/C18H24N2O6S/c1-3-27(23,24)19-10-6-7-13(11-19)17(21)20-12-16(18(22)25-2)26-15-9-5-4-8-14(15)20/h4-5,8-9,13,16H,3,6-7,10-12H2,1-2H3/t13-,16+/m0/s1. The van der Waals surface area contributed by atoms with Crippen LogP contribution in [0.4, 0.5) is 5.69 Å². The van der Waals surface area contributed by atoms with E-state index in [-0.39, 0.29) is 24.7 Å². The third-order valence-corrected chi connectivity index (χ3v) is 6.84. The van der Waals surface area contributed by atoms with Crippen LogP contribution >= 0.6 is 0 Å². The normalized spacial score (nSPS) is 23.3. The summed E-state index contributed by atoms with van der Waals surface area (Å²) >= 11 is 0. The first kappa shape index (κ1) is 19.6. The molecule has 0 aliphatic carbocycles. The van der Waals surface area contributed by atoms with Crippen LogP contribution in [0.2, 0.25) is 0 Å². The first-order chi connectivity index (χ1) is 12.9. The maximum Gasteiger partial charge on any atom is 0.348 e. The predicted octanol–water partition coefficient (Wildman–Crippen LogP) is 1.02. The number of rotatable bonds is 4. The van der Waals surface area contributed by atoms with E-state index in [2.05, 4.69) is 0 Å². The van der Waals surface area contributed by atoms with Crippen molar-refractivity contribution in [3.05, 3.63) is 24.3 Å². The lowest BCUT2D eigenvalue weighted by atomic mass is 9.97. The summed E-state index contributed by atoms with van der Waals surface area (Å²) in [5, 5.41) is 0. The van der Waals surface area contributed by atoms with E-state index in [1.165, 1.54) is 16.3 Å². The molecule has 27 heavy (non-hydrogen) atoms. The van der Waals surface area contributed by atoms with Crippen molar-refractivity contribution in [2.45, 2.75) is 25.9 Å². The van der Waals surface area contributed by atoms with Crippen LogP contribution in [0.3, 0.4) is 0 Å². The fourth-order valence-electron chi connectivity index (χ4n) is 3.50. The molecular formula is C18H24N2O6S. The highest BCUT2D eigenvalue weighted by molar-refractivity contribution is 7.89. The lowest BCUT2D eigenvalue weighted by molar-refractivity contribution is -0.148. The average Bonchev–Trinajstić information content (AvgIpc) is 2.71. The van der Waals surface area contributed by atoms with Crippen LogP contribution in [0.5, 0.6) is 5.75 Å². The summed E-state index contributed by atoms with van der Waals surface area (Å²) in [4.78, 5) is 26.7. The van der Waals surface area contributed by atoms with Crippen LogP contribution in [0.1, 0.15) is 19.8 Å². The summed E-state index contributed by atoms with van der Waals surface area (Å²) in [5.41, 5.74) is 0.582. The van der Waals surface area contributed by atoms with Crippen molar-refractivity contribution in [2.75, 3.05) is 37.4 Å². The Hall–Kier alpha value is -2.13. The maximum atomic E-state index is 13.2. The molecule has 0 bridgehead atoms. The van der Waals surface area contributed by atoms with E-state index >= 15 is 0 Å². The van der Waals surface area contributed by atoms with Crippen LogP contribution in [0.25, 0.3) is 0 Å². The van der Waals surface area contributed by atoms with Crippen molar-refractivity contribution in [3.8, 4) is 5.75 Å². The summed E-state index contributed by atoms with van der Waals surface area (Å²) in [6.07, 6.45) is 0.326. The molecule has 0 spiro atoms. The number of carbonyl (C=O) groups excluding carboxylic acids is 2. The fourth-order valence-corrected chi connectivity index (χ4v) is 4.68. The minimum atomic E-state index is -3.34. The lowest BCUT2D eigenvalue weighted by Gasteiger charge is -2.38. The SMILES string of the molecule is CCS(=O)(=O)N1CCC[C@H](C(=O)N2C[C@H](C(=O)OC)Oc3ccccc32)C1. The summed E-state index contributed by atoms with van der Waals surface area (Å²) in [6, 6.07) is 7.00. The topological polar surface area (TPSA) is 93.2 Å². The molecule has 8 nitrogen and oxygen atoms in total. The Bertz CT molecular complexity index is 825. The van der Waals surface area contributed by atoms with Gasteiger partial charge in [-0.2, -0.15) is 0 Å². The molecular weight excluding hydrogens is 372 g/mol. The number of ether oxygens (including phenoxy) is 2. The minimum Gasteiger partial charge on any atom is -0.475 e. The molecule has 0 N–H and O–H groups in total. The van der Waals surface area contributed by atoms with E-state index in [0.717, 1.165) is 0 Å². The Kier molecular flexibility index (Phi) is 5.71. The van der Waals surface area contributed by atoms with Crippen molar-refractivity contribution in [1.82, 2.24) is 4.31 Å². The smallest absolute Gasteiger partial charge is 0.348 e. The van der Waals surface area contributed by atoms with Gasteiger partial charge >= 0.3 is 5.97 Å². The van der Waals surface area contributed by atoms with E-state index in [1.807, 2.05) is 0 Å². The highest BCUT2D eigenvalue weighted by atomic mass is 32.2. The Morgan fingerprint density at radius 3 is 2.70 bits per heavy atom. The van der Waals surface area contributed by atoms with Crippen molar-refractivity contribution < 1.29 is 27.5 Å². The number of anilines is 1. The zero-order chi connectivity index (χ0) is 19.6. The van der Waals surface area contributed by atoms with Gasteiger partial charge < -0.3 is 14.4 Å². The molecule has 148 valence electrons. The van der Waals surface area contributed by atoms with Crippen LogP contribution in [-0.2, 0) is 24.3 Å². The van der Waals surface area contributed by atoms with Crippen LogP contribution < -0.4 is 9.64 Å². The second-order valence-electron chi connectivity index (χ2n) is 6.64. The lowest BCUT2D eigenvalue weighted by Crippen LogP contribution is -2.52. The van der Waals surface area contributed by atoms with Crippen molar-refractivity contribution in [3.63, 3.8) is 0 Å². The third kappa shape index (κ3) is 3.93. The molecule has 1 saturated heterocycles. The van der Waals surface area contributed by atoms with Crippen molar-refractivity contribution >= 4 is 27.6 Å². The molecule has 2 atom stereocenters. The molecule has 2 aliphatic rings. The van der Waals surface area contributed by atoms with E-state index in [0.29, 0.717) is 30.8 Å². The van der Waals surface area contributed by atoms with Gasteiger partial charge in [0.2, 0.25) is 22.0 Å². The van der Waals surface area contributed by atoms with Crippen LogP contribution in [0, 0.1) is 5.92 Å². The molecule has 1 amide bonds. The Balaban J connectivity index is 1.85. The minimum absolute atomic E-state index is 0.0126. The van der Waals surface area contributed by atoms with Gasteiger partial charge in [0.05, 0.1) is 31.0 Å².